The third kappa shape index (κ3) is 2.60. The number of amides is 1. The van der Waals surface area contributed by atoms with E-state index in [1.807, 2.05) is 6.07 Å². The SMILES string of the molecule is CNc1ccncc1C(=O)Nc1ccccc1Cl. The van der Waals surface area contributed by atoms with Crippen LogP contribution < -0.4 is 10.6 Å². The summed E-state index contributed by atoms with van der Waals surface area (Å²) in [4.78, 5) is 16.0. The highest BCUT2D eigenvalue weighted by Crippen LogP contribution is 2.22. The van der Waals surface area contributed by atoms with Crippen molar-refractivity contribution >= 4 is 28.9 Å². The molecule has 18 heavy (non-hydrogen) atoms. The van der Waals surface area contributed by atoms with Crippen LogP contribution in [0.15, 0.2) is 42.7 Å². The molecule has 1 aromatic carbocycles. The van der Waals surface area contributed by atoms with Gasteiger partial charge in [0.05, 0.1) is 16.3 Å². The van der Waals surface area contributed by atoms with E-state index in [-0.39, 0.29) is 5.91 Å². The molecule has 0 aliphatic heterocycles. The minimum absolute atomic E-state index is 0.249. The van der Waals surface area contributed by atoms with Gasteiger partial charge in [0.25, 0.3) is 5.91 Å². The Morgan fingerprint density at radius 1 is 1.22 bits per heavy atom. The van der Waals surface area contributed by atoms with Crippen molar-refractivity contribution in [3.8, 4) is 0 Å². The summed E-state index contributed by atoms with van der Waals surface area (Å²) in [5.41, 5.74) is 1.77. The smallest absolute Gasteiger partial charge is 0.259 e. The van der Waals surface area contributed by atoms with Crippen LogP contribution in [0.1, 0.15) is 10.4 Å². The Labute approximate surface area is 110 Å². The second kappa shape index (κ2) is 5.51. The van der Waals surface area contributed by atoms with Gasteiger partial charge in [-0.15, -0.1) is 0 Å². The van der Waals surface area contributed by atoms with Crippen molar-refractivity contribution in [1.82, 2.24) is 4.98 Å². The first kappa shape index (κ1) is 12.4. The molecule has 0 aliphatic rings. The largest absolute Gasteiger partial charge is 0.387 e. The quantitative estimate of drug-likeness (QED) is 0.893. The molecule has 0 atom stereocenters. The maximum absolute atomic E-state index is 12.1. The summed E-state index contributed by atoms with van der Waals surface area (Å²) in [7, 11) is 1.75. The van der Waals surface area contributed by atoms with Crippen LogP contribution in [0.4, 0.5) is 11.4 Å². The second-order valence-corrected chi connectivity index (χ2v) is 4.01. The highest BCUT2D eigenvalue weighted by Gasteiger charge is 2.12. The molecule has 0 unspecified atom stereocenters. The number of nitrogens with zero attached hydrogens (tertiary/aromatic N) is 1. The maximum Gasteiger partial charge on any atom is 0.259 e. The van der Waals surface area contributed by atoms with Crippen LogP contribution >= 0.6 is 11.6 Å². The average molecular weight is 262 g/mol. The second-order valence-electron chi connectivity index (χ2n) is 3.61. The van der Waals surface area contributed by atoms with Crippen LogP contribution in [-0.4, -0.2) is 17.9 Å². The lowest BCUT2D eigenvalue weighted by Crippen LogP contribution is -2.14. The van der Waals surface area contributed by atoms with E-state index in [1.54, 1.807) is 37.5 Å². The van der Waals surface area contributed by atoms with Gasteiger partial charge in [-0.2, -0.15) is 0 Å². The minimum atomic E-state index is -0.249. The van der Waals surface area contributed by atoms with Crippen molar-refractivity contribution in [2.45, 2.75) is 0 Å². The van der Waals surface area contributed by atoms with Gasteiger partial charge >= 0.3 is 0 Å². The molecule has 4 nitrogen and oxygen atoms in total. The molecule has 1 heterocycles. The van der Waals surface area contributed by atoms with E-state index in [9.17, 15) is 4.79 Å². The molecule has 0 aliphatic carbocycles. The molecule has 2 N–H and O–H groups in total. The molecule has 0 saturated carbocycles. The van der Waals surface area contributed by atoms with Crippen LogP contribution in [-0.2, 0) is 0 Å². The Bertz CT molecular complexity index is 572. The van der Waals surface area contributed by atoms with Crippen LogP contribution in [0.25, 0.3) is 0 Å². The topological polar surface area (TPSA) is 54.0 Å². The van der Waals surface area contributed by atoms with E-state index >= 15 is 0 Å². The molecular weight excluding hydrogens is 250 g/mol. The number of benzene rings is 1. The molecule has 1 aromatic heterocycles. The van der Waals surface area contributed by atoms with Gasteiger partial charge in [0.1, 0.15) is 0 Å². The van der Waals surface area contributed by atoms with Crippen molar-refractivity contribution in [2.24, 2.45) is 0 Å². The molecular formula is C13H12ClN3O. The molecule has 92 valence electrons. The summed E-state index contributed by atoms with van der Waals surface area (Å²) in [6, 6.07) is 8.82. The molecule has 0 saturated heterocycles. The number of pyridine rings is 1. The van der Waals surface area contributed by atoms with E-state index < -0.39 is 0 Å². The standard InChI is InChI=1S/C13H12ClN3O/c1-15-11-6-7-16-8-9(11)13(18)17-12-5-3-2-4-10(12)14/h2-8H,1H3,(H,15,16)(H,17,18). The van der Waals surface area contributed by atoms with Crippen LogP contribution in [0.2, 0.25) is 5.02 Å². The summed E-state index contributed by atoms with van der Waals surface area (Å²) < 4.78 is 0. The first-order valence-corrected chi connectivity index (χ1v) is 5.78. The predicted molar refractivity (Wildman–Crippen MR) is 73.2 cm³/mol. The fraction of sp³-hybridized carbons (Fsp3) is 0.0769. The lowest BCUT2D eigenvalue weighted by Gasteiger charge is -2.10. The Morgan fingerprint density at radius 3 is 2.72 bits per heavy atom. The summed E-state index contributed by atoms with van der Waals surface area (Å²) in [6.07, 6.45) is 3.14. The van der Waals surface area contributed by atoms with E-state index in [2.05, 4.69) is 15.6 Å². The van der Waals surface area contributed by atoms with Gasteiger partial charge in [0, 0.05) is 25.1 Å². The highest BCUT2D eigenvalue weighted by molar-refractivity contribution is 6.34. The first-order chi connectivity index (χ1) is 8.72. The van der Waals surface area contributed by atoms with E-state index in [4.69, 9.17) is 11.6 Å². The lowest BCUT2D eigenvalue weighted by molar-refractivity contribution is 0.102. The number of halogens is 1. The van der Waals surface area contributed by atoms with Gasteiger partial charge in [-0.1, -0.05) is 23.7 Å². The predicted octanol–water partition coefficient (Wildman–Crippen LogP) is 3.03. The molecule has 1 amide bonds. The van der Waals surface area contributed by atoms with E-state index in [1.165, 1.54) is 6.20 Å². The fourth-order valence-corrected chi connectivity index (χ4v) is 1.73. The Kier molecular flexibility index (Phi) is 3.79. The number of nitrogens with one attached hydrogen (secondary N) is 2. The van der Waals surface area contributed by atoms with Crippen molar-refractivity contribution in [1.29, 1.82) is 0 Å². The van der Waals surface area contributed by atoms with Gasteiger partial charge in [-0.05, 0) is 18.2 Å². The summed E-state index contributed by atoms with van der Waals surface area (Å²) in [6.45, 7) is 0. The fourth-order valence-electron chi connectivity index (χ4n) is 1.55. The third-order valence-corrected chi connectivity index (χ3v) is 2.79. The monoisotopic (exact) mass is 261 g/mol. The average Bonchev–Trinajstić information content (AvgIpc) is 2.41. The molecule has 0 radical (unpaired) electrons. The van der Waals surface area contributed by atoms with Gasteiger partial charge in [0.15, 0.2) is 0 Å². The number of aromatic nitrogens is 1. The maximum atomic E-state index is 12.1. The summed E-state index contributed by atoms with van der Waals surface area (Å²) in [5, 5.41) is 6.19. The van der Waals surface area contributed by atoms with Crippen molar-refractivity contribution in [2.75, 3.05) is 17.7 Å². The van der Waals surface area contributed by atoms with Gasteiger partial charge < -0.3 is 10.6 Å². The number of para-hydroxylation sites is 1. The van der Waals surface area contributed by atoms with E-state index in [0.29, 0.717) is 16.3 Å². The van der Waals surface area contributed by atoms with Crippen molar-refractivity contribution in [3.05, 3.63) is 53.3 Å². The molecule has 0 bridgehead atoms. The number of carbonyl (C=O) groups excluding carboxylic acids is 1. The lowest BCUT2D eigenvalue weighted by atomic mass is 10.2. The van der Waals surface area contributed by atoms with Crippen molar-refractivity contribution in [3.63, 3.8) is 0 Å². The van der Waals surface area contributed by atoms with Crippen LogP contribution in [0.5, 0.6) is 0 Å². The highest BCUT2D eigenvalue weighted by atomic mass is 35.5. The van der Waals surface area contributed by atoms with Gasteiger partial charge in [-0.3, -0.25) is 9.78 Å². The zero-order valence-corrected chi connectivity index (χ0v) is 10.5. The number of hydrogen-bond donors (Lipinski definition) is 2. The molecule has 0 fully saturated rings. The normalized spacial score (nSPS) is 9.89. The Balaban J connectivity index is 2.25. The summed E-state index contributed by atoms with van der Waals surface area (Å²) >= 11 is 5.98. The minimum Gasteiger partial charge on any atom is -0.387 e. The van der Waals surface area contributed by atoms with E-state index in [0.717, 1.165) is 5.69 Å². The van der Waals surface area contributed by atoms with Gasteiger partial charge in [-0.25, -0.2) is 0 Å². The number of carbonyl (C=O) groups is 1. The van der Waals surface area contributed by atoms with Crippen LogP contribution in [0, 0.1) is 0 Å². The first-order valence-electron chi connectivity index (χ1n) is 5.40. The number of hydrogen-bond acceptors (Lipinski definition) is 3. The molecule has 2 aromatic rings. The Hall–Kier alpha value is -2.07. The third-order valence-electron chi connectivity index (χ3n) is 2.46. The zero-order valence-electron chi connectivity index (χ0n) is 9.77. The van der Waals surface area contributed by atoms with Crippen LogP contribution in [0.3, 0.4) is 0 Å². The number of anilines is 2. The number of rotatable bonds is 3. The molecule has 0 spiro atoms. The zero-order chi connectivity index (χ0) is 13.0. The molecule has 5 heteroatoms. The van der Waals surface area contributed by atoms with Crippen molar-refractivity contribution < 1.29 is 4.79 Å². The Morgan fingerprint density at radius 2 is 2.00 bits per heavy atom. The molecule has 2 rings (SSSR count). The van der Waals surface area contributed by atoms with Gasteiger partial charge in [0.2, 0.25) is 0 Å². The summed E-state index contributed by atoms with van der Waals surface area (Å²) in [5.74, 6) is -0.249.